The van der Waals surface area contributed by atoms with Gasteiger partial charge in [-0.3, -0.25) is 9.78 Å². The van der Waals surface area contributed by atoms with E-state index in [0.29, 0.717) is 37.2 Å². The van der Waals surface area contributed by atoms with Crippen molar-refractivity contribution in [2.45, 2.75) is 25.1 Å². The fourth-order valence-electron chi connectivity index (χ4n) is 4.44. The van der Waals surface area contributed by atoms with E-state index in [9.17, 15) is 22.4 Å². The zero-order chi connectivity index (χ0) is 25.5. The normalized spacial score (nSPS) is 15.3. The maximum Gasteiger partial charge on any atom is 0.419 e. The van der Waals surface area contributed by atoms with E-state index >= 15 is 0 Å². The summed E-state index contributed by atoms with van der Waals surface area (Å²) < 4.78 is 59.5. The predicted octanol–water partition coefficient (Wildman–Crippen LogP) is 5.24. The summed E-state index contributed by atoms with van der Waals surface area (Å²) in [5.41, 5.74) is 0.344. The van der Waals surface area contributed by atoms with Crippen LogP contribution in [0.1, 0.15) is 35.7 Å². The molecular formula is C27H27F4N3O2. The molecule has 1 saturated heterocycles. The molecule has 3 aromatic rings. The third kappa shape index (κ3) is 6.20. The molecule has 1 aliphatic heterocycles. The van der Waals surface area contributed by atoms with Gasteiger partial charge in [0.25, 0.3) is 0 Å². The molecule has 2 aromatic carbocycles. The Morgan fingerprint density at radius 1 is 1.03 bits per heavy atom. The fraction of sp³-hybridized carbons (Fsp3) is 0.333. The number of para-hydroxylation sites is 1. The van der Waals surface area contributed by atoms with E-state index in [1.807, 2.05) is 0 Å². The maximum atomic E-state index is 13.8. The molecule has 2 heterocycles. The molecule has 0 bridgehead atoms. The van der Waals surface area contributed by atoms with Crippen LogP contribution in [0.5, 0.6) is 5.75 Å². The van der Waals surface area contributed by atoms with Crippen LogP contribution in [0.4, 0.5) is 17.6 Å². The number of hydrogen-bond acceptors (Lipinski definition) is 4. The SMILES string of the molecule is O=C(C1CCNCC1)N(CCOc1ccccc1C(F)(F)F)[C@H](c1ccc(F)cc1)c1ccccn1. The van der Waals surface area contributed by atoms with E-state index in [0.717, 1.165) is 6.07 Å². The lowest BCUT2D eigenvalue weighted by Crippen LogP contribution is -2.45. The number of rotatable bonds is 8. The lowest BCUT2D eigenvalue weighted by atomic mass is 9.93. The first-order valence-electron chi connectivity index (χ1n) is 11.8. The van der Waals surface area contributed by atoms with Crippen LogP contribution < -0.4 is 10.1 Å². The molecule has 5 nitrogen and oxygen atoms in total. The van der Waals surface area contributed by atoms with Crippen LogP contribution in [0.25, 0.3) is 0 Å². The van der Waals surface area contributed by atoms with Crippen molar-refractivity contribution in [2.24, 2.45) is 5.92 Å². The highest BCUT2D eigenvalue weighted by atomic mass is 19.4. The summed E-state index contributed by atoms with van der Waals surface area (Å²) in [6.45, 7) is 1.26. The third-order valence-electron chi connectivity index (χ3n) is 6.22. The minimum Gasteiger partial charge on any atom is -0.491 e. The molecule has 9 heteroatoms. The summed E-state index contributed by atoms with van der Waals surface area (Å²) in [5, 5.41) is 3.24. The van der Waals surface area contributed by atoms with Gasteiger partial charge in [0.2, 0.25) is 5.91 Å². The lowest BCUT2D eigenvalue weighted by Gasteiger charge is -2.35. The summed E-state index contributed by atoms with van der Waals surface area (Å²) in [6, 6.07) is 15.5. The van der Waals surface area contributed by atoms with Gasteiger partial charge in [0.15, 0.2) is 0 Å². The Hall–Kier alpha value is -3.46. The van der Waals surface area contributed by atoms with Gasteiger partial charge in [-0.2, -0.15) is 13.2 Å². The second kappa shape index (κ2) is 11.5. The van der Waals surface area contributed by atoms with E-state index in [1.165, 1.54) is 30.3 Å². The fourth-order valence-corrected chi connectivity index (χ4v) is 4.44. The lowest BCUT2D eigenvalue weighted by molar-refractivity contribution is -0.141. The smallest absolute Gasteiger partial charge is 0.419 e. The summed E-state index contributed by atoms with van der Waals surface area (Å²) in [6.07, 6.45) is -1.67. The van der Waals surface area contributed by atoms with Crippen LogP contribution in [0, 0.1) is 11.7 Å². The number of hydrogen-bond donors (Lipinski definition) is 1. The molecule has 4 rings (SSSR count). The number of halogens is 4. The van der Waals surface area contributed by atoms with Gasteiger partial charge in [-0.1, -0.05) is 30.3 Å². The number of carbonyl (C=O) groups is 1. The molecule has 1 N–H and O–H groups in total. The number of ether oxygens (including phenoxy) is 1. The number of nitrogens with zero attached hydrogens (tertiary/aromatic N) is 2. The van der Waals surface area contributed by atoms with E-state index in [-0.39, 0.29) is 30.7 Å². The number of amides is 1. The quantitative estimate of drug-likeness (QED) is 0.429. The Bertz CT molecular complexity index is 1130. The Labute approximate surface area is 207 Å². The zero-order valence-corrected chi connectivity index (χ0v) is 19.5. The van der Waals surface area contributed by atoms with Gasteiger partial charge in [0.05, 0.1) is 23.8 Å². The van der Waals surface area contributed by atoms with Gasteiger partial charge in [0.1, 0.15) is 18.2 Å². The summed E-state index contributed by atoms with van der Waals surface area (Å²) in [4.78, 5) is 19.8. The maximum absolute atomic E-state index is 13.8. The molecule has 36 heavy (non-hydrogen) atoms. The standard InChI is InChI=1S/C27H27F4N3O2/c28-21-10-8-19(9-11-21)25(23-6-3-4-14-33-23)34(26(35)20-12-15-32-16-13-20)17-18-36-24-7-2-1-5-22(24)27(29,30)31/h1-11,14,20,25,32H,12-13,15-18H2/t25-/m1/s1. The van der Waals surface area contributed by atoms with Crippen molar-refractivity contribution in [2.75, 3.05) is 26.2 Å². The van der Waals surface area contributed by atoms with Crippen LogP contribution >= 0.6 is 0 Å². The number of pyridine rings is 1. The van der Waals surface area contributed by atoms with Crippen molar-refractivity contribution in [1.29, 1.82) is 0 Å². The Kier molecular flexibility index (Phi) is 8.20. The van der Waals surface area contributed by atoms with Gasteiger partial charge < -0.3 is 15.0 Å². The van der Waals surface area contributed by atoms with Crippen molar-refractivity contribution >= 4 is 5.91 Å². The first-order chi connectivity index (χ1) is 17.3. The first-order valence-corrected chi connectivity index (χ1v) is 11.8. The van der Waals surface area contributed by atoms with Gasteiger partial charge in [0, 0.05) is 12.1 Å². The van der Waals surface area contributed by atoms with Crippen LogP contribution in [0.2, 0.25) is 0 Å². The highest BCUT2D eigenvalue weighted by Gasteiger charge is 2.35. The van der Waals surface area contributed by atoms with Crippen LogP contribution in [0.15, 0.2) is 72.9 Å². The molecule has 1 atom stereocenters. The van der Waals surface area contributed by atoms with Crippen molar-refractivity contribution in [3.05, 3.63) is 95.6 Å². The number of alkyl halides is 3. The highest BCUT2D eigenvalue weighted by molar-refractivity contribution is 5.80. The molecule has 0 saturated carbocycles. The second-order valence-electron chi connectivity index (χ2n) is 8.61. The molecule has 0 unspecified atom stereocenters. The Morgan fingerprint density at radius 2 is 1.72 bits per heavy atom. The van der Waals surface area contributed by atoms with Crippen LogP contribution in [-0.4, -0.2) is 42.0 Å². The number of piperidine rings is 1. The molecular weight excluding hydrogens is 474 g/mol. The molecule has 0 spiro atoms. The molecule has 0 radical (unpaired) electrons. The molecule has 190 valence electrons. The van der Waals surface area contributed by atoms with Gasteiger partial charge in [-0.15, -0.1) is 0 Å². The topological polar surface area (TPSA) is 54.5 Å². The zero-order valence-electron chi connectivity index (χ0n) is 19.5. The molecule has 1 amide bonds. The first kappa shape index (κ1) is 25.6. The Morgan fingerprint density at radius 3 is 2.39 bits per heavy atom. The summed E-state index contributed by atoms with van der Waals surface area (Å²) in [7, 11) is 0. The van der Waals surface area contributed by atoms with Crippen molar-refractivity contribution in [3.8, 4) is 5.75 Å². The average Bonchev–Trinajstić information content (AvgIpc) is 2.89. The molecule has 1 fully saturated rings. The summed E-state index contributed by atoms with van der Waals surface area (Å²) >= 11 is 0. The third-order valence-corrected chi connectivity index (χ3v) is 6.22. The molecule has 1 aliphatic rings. The van der Waals surface area contributed by atoms with Crippen molar-refractivity contribution in [3.63, 3.8) is 0 Å². The summed E-state index contributed by atoms with van der Waals surface area (Å²) in [5.74, 6) is -1.10. The molecule has 1 aromatic heterocycles. The van der Waals surface area contributed by atoms with Crippen LogP contribution in [0.3, 0.4) is 0 Å². The van der Waals surface area contributed by atoms with E-state index in [4.69, 9.17) is 4.74 Å². The van der Waals surface area contributed by atoms with Gasteiger partial charge in [-0.05, 0) is 67.9 Å². The van der Waals surface area contributed by atoms with Crippen molar-refractivity contribution < 1.29 is 27.1 Å². The van der Waals surface area contributed by atoms with Crippen LogP contribution in [-0.2, 0) is 11.0 Å². The number of nitrogens with one attached hydrogen (secondary N) is 1. The highest BCUT2D eigenvalue weighted by Crippen LogP contribution is 2.36. The van der Waals surface area contributed by atoms with Crippen molar-refractivity contribution in [1.82, 2.24) is 15.2 Å². The Balaban J connectivity index is 1.65. The largest absolute Gasteiger partial charge is 0.491 e. The van der Waals surface area contributed by atoms with E-state index < -0.39 is 23.6 Å². The van der Waals surface area contributed by atoms with E-state index in [2.05, 4.69) is 10.3 Å². The minimum atomic E-state index is -4.56. The molecule has 0 aliphatic carbocycles. The average molecular weight is 502 g/mol. The minimum absolute atomic E-state index is 0.0214. The number of benzene rings is 2. The second-order valence-corrected chi connectivity index (χ2v) is 8.61. The monoisotopic (exact) mass is 501 g/mol. The number of carbonyl (C=O) groups excluding carboxylic acids is 1. The van der Waals surface area contributed by atoms with Gasteiger partial charge in [-0.25, -0.2) is 4.39 Å². The predicted molar refractivity (Wildman–Crippen MR) is 127 cm³/mol. The number of aromatic nitrogens is 1. The van der Waals surface area contributed by atoms with E-state index in [1.54, 1.807) is 41.4 Å². The van der Waals surface area contributed by atoms with Gasteiger partial charge >= 0.3 is 6.18 Å².